The van der Waals surface area contributed by atoms with Crippen molar-refractivity contribution in [3.63, 3.8) is 0 Å². The molecule has 2 aromatic rings. The number of hydrogen-bond acceptors (Lipinski definition) is 8. The largest absolute Gasteiger partial charge is 0.327 e. The van der Waals surface area contributed by atoms with Gasteiger partial charge in [-0.1, -0.05) is 52.1 Å². The SMILES string of the molecule is CC(C)(CCS(=O)CCCS(=O)CCC(C)(C)Cn1c(S)c2c(cc1=S)SCC2)Cn1c(S)c2c(cc1=S)SCC2. The molecule has 2 aliphatic heterocycles. The fourth-order valence-electron chi connectivity index (χ4n) is 5.25. The molecule has 2 atom stereocenters. The van der Waals surface area contributed by atoms with E-state index < -0.39 is 21.6 Å². The predicted molar refractivity (Wildman–Crippen MR) is 191 cm³/mol. The van der Waals surface area contributed by atoms with E-state index in [9.17, 15) is 8.42 Å². The van der Waals surface area contributed by atoms with Gasteiger partial charge in [-0.3, -0.25) is 8.42 Å². The van der Waals surface area contributed by atoms with Gasteiger partial charge in [0.25, 0.3) is 0 Å². The van der Waals surface area contributed by atoms with Gasteiger partial charge in [-0.15, -0.1) is 48.8 Å². The Balaban J connectivity index is 1.19. The Labute approximate surface area is 280 Å². The summed E-state index contributed by atoms with van der Waals surface area (Å²) < 4.78 is 31.6. The second-order valence-electron chi connectivity index (χ2n) is 12.5. The summed E-state index contributed by atoms with van der Waals surface area (Å²) in [4.78, 5) is 2.54. The van der Waals surface area contributed by atoms with E-state index in [0.717, 1.165) is 76.0 Å². The average molecular weight is 707 g/mol. The third kappa shape index (κ3) is 9.23. The van der Waals surface area contributed by atoms with E-state index in [4.69, 9.17) is 49.7 Å². The van der Waals surface area contributed by atoms with Crippen molar-refractivity contribution in [3.8, 4) is 0 Å². The summed E-state index contributed by atoms with van der Waals surface area (Å²) in [7, 11) is -1.84. The Morgan fingerprint density at radius 1 is 0.756 bits per heavy atom. The molecule has 0 spiro atoms. The highest BCUT2D eigenvalue weighted by Gasteiger charge is 2.25. The van der Waals surface area contributed by atoms with Crippen molar-refractivity contribution in [1.82, 2.24) is 9.13 Å². The van der Waals surface area contributed by atoms with Crippen LogP contribution >= 0.6 is 73.2 Å². The second-order valence-corrected chi connectivity index (χ2v) is 19.9. The molecular weight excluding hydrogens is 665 g/mol. The molecule has 0 saturated carbocycles. The van der Waals surface area contributed by atoms with Crippen LogP contribution in [0.3, 0.4) is 0 Å². The maximum Gasteiger partial charge on any atom is 0.107 e. The van der Waals surface area contributed by atoms with Gasteiger partial charge in [-0.2, -0.15) is 0 Å². The molecule has 0 aliphatic carbocycles. The molecule has 2 aliphatic rings. The molecule has 0 aromatic carbocycles. The molecule has 0 N–H and O–H groups in total. The summed E-state index contributed by atoms with van der Waals surface area (Å²) in [6, 6.07) is 4.22. The monoisotopic (exact) mass is 706 g/mol. The van der Waals surface area contributed by atoms with Gasteiger partial charge in [0, 0.05) is 79.0 Å². The summed E-state index contributed by atoms with van der Waals surface area (Å²) in [5.74, 6) is 4.68. The van der Waals surface area contributed by atoms with Crippen molar-refractivity contribution in [2.24, 2.45) is 10.8 Å². The summed E-state index contributed by atoms with van der Waals surface area (Å²) in [5.41, 5.74) is 2.52. The molecule has 0 fully saturated rings. The lowest BCUT2D eigenvalue weighted by Gasteiger charge is -2.28. The van der Waals surface area contributed by atoms with E-state index in [0.29, 0.717) is 23.0 Å². The van der Waals surface area contributed by atoms with E-state index in [-0.39, 0.29) is 10.8 Å². The number of thiol groups is 2. The van der Waals surface area contributed by atoms with Gasteiger partial charge < -0.3 is 9.13 Å². The van der Waals surface area contributed by atoms with Gasteiger partial charge in [0.1, 0.15) is 9.28 Å². The molecule has 4 nitrogen and oxygen atoms in total. The van der Waals surface area contributed by atoms with Crippen molar-refractivity contribution in [1.29, 1.82) is 0 Å². The Morgan fingerprint density at radius 3 is 1.54 bits per heavy atom. The number of thioether (sulfide) groups is 2. The highest BCUT2D eigenvalue weighted by molar-refractivity contribution is 8.00. The first-order chi connectivity index (χ1) is 19.3. The summed E-state index contributed by atoms with van der Waals surface area (Å²) in [5, 5.41) is 1.97. The second kappa shape index (κ2) is 14.7. The molecule has 4 heterocycles. The van der Waals surface area contributed by atoms with Crippen LogP contribution in [0.1, 0.15) is 58.1 Å². The quantitative estimate of drug-likeness (QED) is 0.153. The molecule has 0 radical (unpaired) electrons. The fourth-order valence-corrected chi connectivity index (χ4v) is 12.3. The highest BCUT2D eigenvalue weighted by Crippen LogP contribution is 2.38. The van der Waals surface area contributed by atoms with Gasteiger partial charge in [-0.05, 0) is 66.2 Å². The fraction of sp³-hybridized carbons (Fsp3) is 0.655. The zero-order chi connectivity index (χ0) is 29.9. The van der Waals surface area contributed by atoms with E-state index in [1.165, 1.54) is 20.9 Å². The standard InChI is InChI=1S/C29H42N2O2S8/c1-28(2,18-30-24(34)16-22-20(26(30)36)6-10-38-22)8-14-40(32)12-5-13-41(33)15-9-29(3,4)19-31-25(35)17-23-21(27(31)37)7-11-39-23/h16-17,36-37H,5-15,18-19H2,1-4H3. The van der Waals surface area contributed by atoms with Gasteiger partial charge >= 0.3 is 0 Å². The van der Waals surface area contributed by atoms with Gasteiger partial charge in [0.2, 0.25) is 0 Å². The van der Waals surface area contributed by atoms with E-state index in [2.05, 4.69) is 49.0 Å². The first-order valence-corrected chi connectivity index (χ1v) is 20.8. The predicted octanol–water partition coefficient (Wildman–Crippen LogP) is 8.04. The first-order valence-electron chi connectivity index (χ1n) is 14.1. The number of nitrogens with zero attached hydrogens (tertiary/aromatic N) is 2. The molecule has 2 aromatic heterocycles. The van der Waals surface area contributed by atoms with Crippen molar-refractivity contribution < 1.29 is 8.42 Å². The lowest BCUT2D eigenvalue weighted by atomic mass is 9.90. The summed E-state index contributed by atoms with van der Waals surface area (Å²) in [6.07, 6.45) is 4.49. The van der Waals surface area contributed by atoms with Crippen molar-refractivity contribution in [2.45, 2.75) is 92.7 Å². The highest BCUT2D eigenvalue weighted by atomic mass is 32.2. The molecule has 41 heavy (non-hydrogen) atoms. The number of rotatable bonds is 14. The maximum absolute atomic E-state index is 12.8. The van der Waals surface area contributed by atoms with Crippen molar-refractivity contribution in [3.05, 3.63) is 32.5 Å². The lowest BCUT2D eigenvalue weighted by molar-refractivity contribution is 0.283. The summed E-state index contributed by atoms with van der Waals surface area (Å²) >= 11 is 24.7. The lowest BCUT2D eigenvalue weighted by Crippen LogP contribution is -2.25. The molecule has 0 bridgehead atoms. The minimum absolute atomic E-state index is 0.0484. The first kappa shape index (κ1) is 34.3. The maximum atomic E-state index is 12.8. The van der Waals surface area contributed by atoms with Crippen molar-refractivity contribution >= 4 is 94.8 Å². The molecule has 228 valence electrons. The Morgan fingerprint density at radius 2 is 1.15 bits per heavy atom. The third-order valence-electron chi connectivity index (χ3n) is 7.84. The Bertz CT molecular complexity index is 1340. The molecule has 2 unspecified atom stereocenters. The van der Waals surface area contributed by atoms with Crippen LogP contribution in [-0.2, 0) is 47.5 Å². The van der Waals surface area contributed by atoms with Crippen LogP contribution in [0.25, 0.3) is 0 Å². The Hall–Kier alpha value is 0.440. The van der Waals surface area contributed by atoms with Crippen LogP contribution in [0.2, 0.25) is 0 Å². The summed E-state index contributed by atoms with van der Waals surface area (Å²) in [6.45, 7) is 10.4. The van der Waals surface area contributed by atoms with Crippen LogP contribution in [0.15, 0.2) is 32.0 Å². The minimum atomic E-state index is -0.922. The molecule has 4 rings (SSSR count). The topological polar surface area (TPSA) is 44.0 Å². The number of aromatic nitrogens is 2. The third-order valence-corrected chi connectivity index (χ3v) is 14.5. The van der Waals surface area contributed by atoms with Gasteiger partial charge in [0.15, 0.2) is 0 Å². The number of fused-ring (bicyclic) bond motifs is 2. The van der Waals surface area contributed by atoms with E-state index >= 15 is 0 Å². The number of hydrogen-bond donors (Lipinski definition) is 2. The van der Waals surface area contributed by atoms with Crippen LogP contribution in [0, 0.1) is 20.1 Å². The molecular formula is C29H42N2O2S8. The molecule has 0 amide bonds. The Kier molecular flexibility index (Phi) is 12.3. The number of pyridine rings is 2. The van der Waals surface area contributed by atoms with Crippen LogP contribution in [0.5, 0.6) is 0 Å². The van der Waals surface area contributed by atoms with Crippen molar-refractivity contribution in [2.75, 3.05) is 34.5 Å². The smallest absolute Gasteiger partial charge is 0.107 e. The normalized spacial score (nSPS) is 16.5. The van der Waals surface area contributed by atoms with Crippen LogP contribution in [0.4, 0.5) is 0 Å². The average Bonchev–Trinajstić information content (AvgIpc) is 3.56. The van der Waals surface area contributed by atoms with E-state index in [1.54, 1.807) is 0 Å². The zero-order valence-electron chi connectivity index (χ0n) is 24.4. The van der Waals surface area contributed by atoms with Crippen LogP contribution in [-0.4, -0.2) is 52.1 Å². The van der Waals surface area contributed by atoms with Gasteiger partial charge in [-0.25, -0.2) is 0 Å². The molecule has 12 heteroatoms. The van der Waals surface area contributed by atoms with Crippen LogP contribution < -0.4 is 0 Å². The molecule has 0 saturated heterocycles. The zero-order valence-corrected chi connectivity index (χ0v) is 31.1. The minimum Gasteiger partial charge on any atom is -0.327 e. The van der Waals surface area contributed by atoms with E-state index in [1.807, 2.05) is 23.5 Å². The van der Waals surface area contributed by atoms with Gasteiger partial charge in [0.05, 0.1) is 10.1 Å².